The van der Waals surface area contributed by atoms with Gasteiger partial charge in [-0.1, -0.05) is 39.7 Å². The summed E-state index contributed by atoms with van der Waals surface area (Å²) in [4.78, 5) is 65.2. The van der Waals surface area contributed by atoms with E-state index in [1.54, 1.807) is 6.92 Å². The van der Waals surface area contributed by atoms with Crippen LogP contribution in [0.1, 0.15) is 44.6 Å². The first-order valence-electron chi connectivity index (χ1n) is 13.6. The first-order chi connectivity index (χ1) is 18.8. The minimum atomic E-state index is -0.819. The maximum atomic E-state index is 13.4. The summed E-state index contributed by atoms with van der Waals surface area (Å²) in [7, 11) is 2.45. The fraction of sp³-hybridized carbons (Fsp3) is 0.593. The van der Waals surface area contributed by atoms with Gasteiger partial charge in [0.15, 0.2) is 0 Å². The van der Waals surface area contributed by atoms with E-state index in [-0.39, 0.29) is 23.8 Å². The van der Waals surface area contributed by atoms with Crippen molar-refractivity contribution < 1.29 is 24.0 Å². The molecule has 3 atom stereocenters. The molecule has 3 unspecified atom stereocenters. The van der Waals surface area contributed by atoms with E-state index in [2.05, 4.69) is 30.4 Å². The van der Waals surface area contributed by atoms with Crippen molar-refractivity contribution in [2.45, 2.75) is 57.5 Å². The van der Waals surface area contributed by atoms with Gasteiger partial charge in [0.2, 0.25) is 30.0 Å². The molecule has 2 saturated heterocycles. The van der Waals surface area contributed by atoms with Crippen LogP contribution < -0.4 is 21.0 Å². The van der Waals surface area contributed by atoms with Crippen LogP contribution in [0.25, 0.3) is 0 Å². The maximum absolute atomic E-state index is 13.4. The summed E-state index contributed by atoms with van der Waals surface area (Å²) in [5.74, 6) is -0.963. The molecular formula is C27H41N6O5P. The number of hydrogen-bond donors (Lipinski definition) is 4. The molecule has 12 heteroatoms. The minimum absolute atomic E-state index is 0.0855. The molecule has 0 saturated carbocycles. The fourth-order valence-electron chi connectivity index (χ4n) is 5.25. The molecule has 4 N–H and O–H groups in total. The van der Waals surface area contributed by atoms with Gasteiger partial charge < -0.3 is 30.8 Å². The van der Waals surface area contributed by atoms with Gasteiger partial charge >= 0.3 is 0 Å². The normalized spacial score (nSPS) is 17.5. The van der Waals surface area contributed by atoms with Gasteiger partial charge in [0, 0.05) is 44.9 Å². The third-order valence-electron chi connectivity index (χ3n) is 7.62. The van der Waals surface area contributed by atoms with Crippen molar-refractivity contribution in [3.05, 3.63) is 35.9 Å². The third-order valence-corrected chi connectivity index (χ3v) is 7.91. The van der Waals surface area contributed by atoms with Crippen molar-refractivity contribution in [3.63, 3.8) is 0 Å². The van der Waals surface area contributed by atoms with Gasteiger partial charge in [-0.25, -0.2) is 0 Å². The second-order valence-electron chi connectivity index (χ2n) is 10.5. The van der Waals surface area contributed by atoms with Crippen LogP contribution in [0.4, 0.5) is 0 Å². The quantitative estimate of drug-likeness (QED) is 0.143. The van der Waals surface area contributed by atoms with E-state index in [0.29, 0.717) is 32.3 Å². The first kappa shape index (κ1) is 30.5. The van der Waals surface area contributed by atoms with Crippen molar-refractivity contribution in [1.82, 2.24) is 30.8 Å². The molecule has 2 heterocycles. The highest BCUT2D eigenvalue weighted by atomic mass is 31.0. The Hall–Kier alpha value is -3.04. The average Bonchev–Trinajstić information content (AvgIpc) is 2.92. The molecule has 0 radical (unpaired) electrons. The summed E-state index contributed by atoms with van der Waals surface area (Å²) in [5, 5.41) is 10.9. The Bertz CT molecular complexity index is 994. The Morgan fingerprint density at radius 2 is 1.72 bits per heavy atom. The van der Waals surface area contributed by atoms with E-state index in [9.17, 15) is 24.0 Å². The number of benzene rings is 1. The molecule has 1 aromatic rings. The lowest BCUT2D eigenvalue weighted by atomic mass is 9.72. The van der Waals surface area contributed by atoms with E-state index in [1.807, 2.05) is 40.1 Å². The molecule has 11 nitrogen and oxygen atoms in total. The third kappa shape index (κ3) is 9.00. The van der Waals surface area contributed by atoms with Crippen LogP contribution in [0, 0.1) is 5.41 Å². The highest BCUT2D eigenvalue weighted by Gasteiger charge is 2.46. The zero-order valence-corrected chi connectivity index (χ0v) is 23.8. The lowest BCUT2D eigenvalue weighted by Crippen LogP contribution is -2.62. The van der Waals surface area contributed by atoms with Gasteiger partial charge in [0.1, 0.15) is 12.1 Å². The van der Waals surface area contributed by atoms with Gasteiger partial charge in [-0.15, -0.1) is 0 Å². The van der Waals surface area contributed by atoms with Crippen LogP contribution in [-0.2, 0) is 30.4 Å². The predicted molar refractivity (Wildman–Crippen MR) is 150 cm³/mol. The van der Waals surface area contributed by atoms with E-state index in [1.165, 1.54) is 0 Å². The summed E-state index contributed by atoms with van der Waals surface area (Å²) in [5.41, 5.74) is 0.975. The van der Waals surface area contributed by atoms with Gasteiger partial charge in [0.25, 0.3) is 0 Å². The molecule has 2 aliphatic heterocycles. The number of unbranched alkanes of at least 4 members (excludes halogenated alkanes) is 1. The first-order valence-corrected chi connectivity index (χ1v) is 14.1. The second-order valence-corrected chi connectivity index (χ2v) is 10.9. The largest absolute Gasteiger partial charge is 0.347 e. The van der Waals surface area contributed by atoms with Crippen molar-refractivity contribution in [3.8, 4) is 0 Å². The molecule has 2 aliphatic rings. The Morgan fingerprint density at radius 1 is 1.03 bits per heavy atom. The monoisotopic (exact) mass is 560 g/mol. The lowest BCUT2D eigenvalue weighted by molar-refractivity contribution is -0.149. The number of nitrogens with zero attached hydrogens (tertiary/aromatic N) is 2. The summed E-state index contributed by atoms with van der Waals surface area (Å²) < 4.78 is 0. The van der Waals surface area contributed by atoms with Gasteiger partial charge in [-0.2, -0.15) is 0 Å². The fourth-order valence-corrected chi connectivity index (χ4v) is 5.46. The van der Waals surface area contributed by atoms with Crippen LogP contribution in [0.2, 0.25) is 0 Å². The van der Waals surface area contributed by atoms with Crippen LogP contribution in [-0.4, -0.2) is 91.2 Å². The predicted octanol–water partition coefficient (Wildman–Crippen LogP) is -0.0344. The number of carbonyl (C=O) groups is 5. The Kier molecular flexibility index (Phi) is 11.7. The highest BCUT2D eigenvalue weighted by Crippen LogP contribution is 2.40. The number of amides is 5. The summed E-state index contributed by atoms with van der Waals surface area (Å²) >= 11 is 0. The lowest BCUT2D eigenvalue weighted by Gasteiger charge is -2.54. The summed E-state index contributed by atoms with van der Waals surface area (Å²) in [6.45, 7) is 4.74. The molecule has 3 rings (SSSR count). The maximum Gasteiger partial charge on any atom is 0.245 e. The van der Waals surface area contributed by atoms with Crippen LogP contribution >= 0.6 is 9.39 Å². The summed E-state index contributed by atoms with van der Waals surface area (Å²) in [6.07, 6.45) is 4.52. The van der Waals surface area contributed by atoms with E-state index in [0.717, 1.165) is 50.9 Å². The number of likely N-dealkylation sites (tertiary alicyclic amines) is 2. The van der Waals surface area contributed by atoms with Gasteiger partial charge in [-0.05, 0) is 44.2 Å². The van der Waals surface area contributed by atoms with Gasteiger partial charge in [-0.3, -0.25) is 24.0 Å². The average molecular weight is 561 g/mol. The second kappa shape index (κ2) is 14.9. The molecular weight excluding hydrogens is 519 g/mol. The molecule has 39 heavy (non-hydrogen) atoms. The Morgan fingerprint density at radius 3 is 2.33 bits per heavy atom. The smallest absolute Gasteiger partial charge is 0.245 e. The topological polar surface area (TPSA) is 140 Å². The SMILES string of the molecule is CC(=O)N1CC2(CCN(C(=O)C(CCCCNP)NC(=O)CNC(=O)C(Cc3ccccc3)NC=O)CC2)C1. The minimum Gasteiger partial charge on any atom is -0.347 e. The molecule has 214 valence electrons. The molecule has 1 spiro atoms. The molecule has 0 aromatic heterocycles. The molecule has 1 aromatic carbocycles. The zero-order valence-electron chi connectivity index (χ0n) is 22.6. The van der Waals surface area contributed by atoms with Gasteiger partial charge in [0.05, 0.1) is 6.54 Å². The Balaban J connectivity index is 1.52. The van der Waals surface area contributed by atoms with Crippen molar-refractivity contribution in [2.24, 2.45) is 5.41 Å². The molecule has 0 bridgehead atoms. The standard InChI is InChI=1S/C27H41N6O5P/c1-20(35)33-17-27(18-33)10-13-32(14-11-27)26(38)22(9-5-6-12-30-39)31-24(36)16-28-25(37)23(29-19-34)15-21-7-3-2-4-8-21/h2-4,7-8,19,22-23,30H,5-6,9-18,39H2,1H3,(H,28,37)(H,29,34)(H,31,36). The van der Waals surface area contributed by atoms with E-state index >= 15 is 0 Å². The number of carbonyl (C=O) groups excluding carboxylic acids is 5. The molecule has 2 fully saturated rings. The van der Waals surface area contributed by atoms with Crippen molar-refractivity contribution >= 4 is 39.4 Å². The number of rotatable bonds is 14. The van der Waals surface area contributed by atoms with E-state index in [4.69, 9.17) is 0 Å². The molecule has 5 amide bonds. The number of hydrogen-bond acceptors (Lipinski definition) is 6. The zero-order chi connectivity index (χ0) is 28.3. The highest BCUT2D eigenvalue weighted by molar-refractivity contribution is 7.13. The van der Waals surface area contributed by atoms with Crippen LogP contribution in [0.5, 0.6) is 0 Å². The number of piperidine rings is 1. The van der Waals surface area contributed by atoms with Crippen LogP contribution in [0.3, 0.4) is 0 Å². The number of nitrogens with one attached hydrogen (secondary N) is 4. The molecule has 0 aliphatic carbocycles. The Labute approximate surface area is 232 Å². The van der Waals surface area contributed by atoms with Crippen LogP contribution in [0.15, 0.2) is 30.3 Å². The van der Waals surface area contributed by atoms with Crippen molar-refractivity contribution in [1.29, 1.82) is 0 Å². The summed E-state index contributed by atoms with van der Waals surface area (Å²) in [6, 6.07) is 7.77. The van der Waals surface area contributed by atoms with E-state index < -0.39 is 23.9 Å². The van der Waals surface area contributed by atoms with Crippen molar-refractivity contribution in [2.75, 3.05) is 39.3 Å².